The highest BCUT2D eigenvalue weighted by atomic mass is 16.5. The second kappa shape index (κ2) is 7.07. The molecule has 0 unspecified atom stereocenters. The Hall–Kier alpha value is -0.650. The molecule has 1 heterocycles. The minimum Gasteiger partial charge on any atom is -0.634 e. The van der Waals surface area contributed by atoms with Gasteiger partial charge in [-0.3, -0.25) is 10.2 Å². The highest BCUT2D eigenvalue weighted by molar-refractivity contribution is 5.75. The molecule has 0 spiro atoms. The summed E-state index contributed by atoms with van der Waals surface area (Å²) in [6.45, 7) is 1.30. The molecule has 5 nitrogen and oxygen atoms in total. The molecule has 1 saturated carbocycles. The normalized spacial score (nSPS) is 30.1. The molecule has 0 aromatic rings. The lowest BCUT2D eigenvalue weighted by Gasteiger charge is -2.32. The van der Waals surface area contributed by atoms with Crippen LogP contribution in [0.25, 0.3) is 0 Å². The Kier molecular flexibility index (Phi) is 5.41. The quantitative estimate of drug-likeness (QED) is 0.494. The predicted molar refractivity (Wildman–Crippen MR) is 69.6 cm³/mol. The smallest absolute Gasteiger partial charge is 0.234 e. The van der Waals surface area contributed by atoms with E-state index in [4.69, 9.17) is 0 Å². The first kappa shape index (κ1) is 13.8. The van der Waals surface area contributed by atoms with Crippen LogP contribution in [0.5, 0.6) is 0 Å². The van der Waals surface area contributed by atoms with Gasteiger partial charge in [-0.1, -0.05) is 19.3 Å². The summed E-state index contributed by atoms with van der Waals surface area (Å²) in [6, 6.07) is 0.276. The number of hydrogen-bond donors (Lipinski definition) is 3. The van der Waals surface area contributed by atoms with E-state index in [1.54, 1.807) is 0 Å². The van der Waals surface area contributed by atoms with Gasteiger partial charge in [-0.15, -0.1) is 0 Å². The van der Waals surface area contributed by atoms with Crippen LogP contribution in [0, 0.1) is 11.1 Å². The lowest BCUT2D eigenvalue weighted by molar-refractivity contribution is -0.853. The topological polar surface area (TPSA) is 68.6 Å². The largest absolute Gasteiger partial charge is 0.634 e. The van der Waals surface area contributed by atoms with Crippen LogP contribution in [-0.4, -0.2) is 25.0 Å². The number of carbonyl (C=O) groups excluding carboxylic acids is 1. The maximum Gasteiger partial charge on any atom is 0.234 e. The van der Waals surface area contributed by atoms with Crippen LogP contribution in [-0.2, 0) is 4.79 Å². The summed E-state index contributed by atoms with van der Waals surface area (Å²) in [5.41, 5.74) is 5.89. The van der Waals surface area contributed by atoms with E-state index in [-0.39, 0.29) is 11.9 Å². The van der Waals surface area contributed by atoms with Gasteiger partial charge < -0.3 is 10.3 Å². The molecule has 0 atom stereocenters. The summed E-state index contributed by atoms with van der Waals surface area (Å²) < 4.78 is 0. The van der Waals surface area contributed by atoms with Gasteiger partial charge in [0.2, 0.25) is 5.91 Å². The molecule has 3 N–H and O–H groups in total. The van der Waals surface area contributed by atoms with Gasteiger partial charge in [0.05, 0.1) is 13.1 Å². The first-order chi connectivity index (χ1) is 8.74. The zero-order valence-corrected chi connectivity index (χ0v) is 11.0. The van der Waals surface area contributed by atoms with Crippen LogP contribution < -0.4 is 15.9 Å². The Morgan fingerprint density at radius 2 is 1.78 bits per heavy atom. The van der Waals surface area contributed by atoms with Crippen molar-refractivity contribution in [3.8, 4) is 0 Å². The highest BCUT2D eigenvalue weighted by Gasteiger charge is 2.20. The first-order valence-electron chi connectivity index (χ1n) is 7.30. The van der Waals surface area contributed by atoms with Crippen molar-refractivity contribution < 1.29 is 9.86 Å². The lowest BCUT2D eigenvalue weighted by Crippen LogP contribution is -3.08. The van der Waals surface area contributed by atoms with Gasteiger partial charge in [0, 0.05) is 25.3 Å². The molecule has 2 rings (SSSR count). The number of rotatable bonds is 4. The molecule has 5 heteroatoms. The second-order valence-electron chi connectivity index (χ2n) is 5.71. The molecule has 1 saturated heterocycles. The molecule has 18 heavy (non-hydrogen) atoms. The molecule has 0 radical (unpaired) electrons. The standard InChI is InChI=1S/C13H25N3O2/c17-13(10-11-4-2-1-3-5-11)15-14-12-6-8-16(18)9-7-12/h11-12,14,16H,1-10H2,(H,15,17). The van der Waals surface area contributed by atoms with Gasteiger partial charge in [-0.2, -0.15) is 0 Å². The van der Waals surface area contributed by atoms with Gasteiger partial charge in [0.1, 0.15) is 0 Å². The van der Waals surface area contributed by atoms with E-state index in [0.29, 0.717) is 30.5 Å². The summed E-state index contributed by atoms with van der Waals surface area (Å²) >= 11 is 0. The van der Waals surface area contributed by atoms with Gasteiger partial charge in [0.25, 0.3) is 0 Å². The SMILES string of the molecule is O=C(CC1CCCCC1)NNC1CC[NH+]([O-])CC1. The Morgan fingerprint density at radius 3 is 2.44 bits per heavy atom. The average Bonchev–Trinajstić information content (AvgIpc) is 2.39. The number of hydroxylamine groups is 2. The van der Waals surface area contributed by atoms with Crippen LogP contribution in [0.4, 0.5) is 0 Å². The fourth-order valence-electron chi connectivity index (χ4n) is 2.97. The van der Waals surface area contributed by atoms with Crippen LogP contribution >= 0.6 is 0 Å². The summed E-state index contributed by atoms with van der Waals surface area (Å²) in [6.07, 6.45) is 8.62. The Bertz CT molecular complexity index is 259. The number of piperidine rings is 1. The zero-order valence-electron chi connectivity index (χ0n) is 11.0. The monoisotopic (exact) mass is 255 g/mol. The Labute approximate surface area is 109 Å². The minimum absolute atomic E-state index is 0.110. The van der Waals surface area contributed by atoms with Gasteiger partial charge in [0.15, 0.2) is 0 Å². The van der Waals surface area contributed by atoms with Gasteiger partial charge >= 0.3 is 0 Å². The molecule has 2 aliphatic rings. The number of carbonyl (C=O) groups is 1. The number of nitrogens with one attached hydrogen (secondary N) is 3. The van der Waals surface area contributed by atoms with Crippen molar-refractivity contribution in [1.29, 1.82) is 0 Å². The third-order valence-corrected chi connectivity index (χ3v) is 4.16. The van der Waals surface area contributed by atoms with Crippen molar-refractivity contribution in [2.24, 2.45) is 5.92 Å². The van der Waals surface area contributed by atoms with E-state index in [1.165, 1.54) is 32.1 Å². The van der Waals surface area contributed by atoms with Crippen molar-refractivity contribution in [1.82, 2.24) is 10.9 Å². The molecule has 1 aliphatic heterocycles. The van der Waals surface area contributed by atoms with Crippen LogP contribution in [0.15, 0.2) is 0 Å². The highest BCUT2D eigenvalue weighted by Crippen LogP contribution is 2.25. The third kappa shape index (κ3) is 4.55. The van der Waals surface area contributed by atoms with E-state index >= 15 is 0 Å². The number of hydrogen-bond acceptors (Lipinski definition) is 3. The van der Waals surface area contributed by atoms with E-state index in [2.05, 4.69) is 10.9 Å². The fraction of sp³-hybridized carbons (Fsp3) is 0.923. The third-order valence-electron chi connectivity index (χ3n) is 4.16. The fourth-order valence-corrected chi connectivity index (χ4v) is 2.97. The molecular formula is C13H25N3O2. The minimum atomic E-state index is 0.110. The van der Waals surface area contributed by atoms with Crippen molar-refractivity contribution in [3.63, 3.8) is 0 Å². The molecule has 2 fully saturated rings. The predicted octanol–water partition coefficient (Wildman–Crippen LogP) is 0.123. The lowest BCUT2D eigenvalue weighted by atomic mass is 9.87. The van der Waals surface area contributed by atoms with Crippen molar-refractivity contribution in [2.75, 3.05) is 13.1 Å². The van der Waals surface area contributed by atoms with Crippen LogP contribution in [0.1, 0.15) is 51.4 Å². The van der Waals surface area contributed by atoms with E-state index in [1.807, 2.05) is 0 Å². The summed E-state index contributed by atoms with van der Waals surface area (Å²) in [4.78, 5) is 11.8. The number of hydrazine groups is 1. The summed E-state index contributed by atoms with van der Waals surface area (Å²) in [5.74, 6) is 0.687. The Morgan fingerprint density at radius 1 is 1.11 bits per heavy atom. The molecule has 0 aromatic heterocycles. The number of quaternary nitrogens is 1. The van der Waals surface area contributed by atoms with Crippen molar-refractivity contribution >= 4 is 5.91 Å². The molecule has 0 bridgehead atoms. The maximum atomic E-state index is 11.8. The molecule has 0 aromatic carbocycles. The van der Waals surface area contributed by atoms with E-state index in [9.17, 15) is 10.0 Å². The average molecular weight is 255 g/mol. The van der Waals surface area contributed by atoms with Crippen LogP contribution in [0.2, 0.25) is 0 Å². The maximum absolute atomic E-state index is 11.8. The van der Waals surface area contributed by atoms with Crippen molar-refractivity contribution in [3.05, 3.63) is 5.21 Å². The molecular weight excluding hydrogens is 230 g/mol. The second-order valence-corrected chi connectivity index (χ2v) is 5.71. The zero-order chi connectivity index (χ0) is 12.8. The molecule has 1 aliphatic carbocycles. The summed E-state index contributed by atoms with van der Waals surface area (Å²) in [5, 5.41) is 11.4. The Balaban J connectivity index is 1.59. The molecule has 104 valence electrons. The summed E-state index contributed by atoms with van der Waals surface area (Å²) in [7, 11) is 0. The van der Waals surface area contributed by atoms with E-state index in [0.717, 1.165) is 12.8 Å². The molecule has 1 amide bonds. The van der Waals surface area contributed by atoms with Gasteiger partial charge in [-0.25, -0.2) is 5.43 Å². The van der Waals surface area contributed by atoms with Crippen LogP contribution in [0.3, 0.4) is 0 Å². The van der Waals surface area contributed by atoms with Crippen molar-refractivity contribution in [2.45, 2.75) is 57.4 Å². The number of amides is 1. The van der Waals surface area contributed by atoms with Gasteiger partial charge in [-0.05, 0) is 18.8 Å². The first-order valence-corrected chi connectivity index (χ1v) is 7.30. The van der Waals surface area contributed by atoms with E-state index < -0.39 is 0 Å².